The molecule has 5 rings (SSSR count). The number of hydrogen-bond acceptors (Lipinski definition) is 5. The highest BCUT2D eigenvalue weighted by Gasteiger charge is 2.31. The van der Waals surface area contributed by atoms with Gasteiger partial charge in [-0.1, -0.05) is 50.5 Å². The summed E-state index contributed by atoms with van der Waals surface area (Å²) in [5.41, 5.74) is 5.55. The largest absolute Gasteiger partial charge is 0.497 e. The smallest absolute Gasteiger partial charge is 0.319 e. The van der Waals surface area contributed by atoms with Gasteiger partial charge in [-0.15, -0.1) is 11.3 Å². The van der Waals surface area contributed by atoms with Crippen molar-refractivity contribution in [3.63, 3.8) is 0 Å². The van der Waals surface area contributed by atoms with E-state index in [1.807, 2.05) is 55.5 Å². The van der Waals surface area contributed by atoms with Crippen molar-refractivity contribution in [1.29, 1.82) is 0 Å². The predicted molar refractivity (Wildman–Crippen MR) is 150 cm³/mol. The summed E-state index contributed by atoms with van der Waals surface area (Å²) < 4.78 is 5.19. The molecule has 1 unspecified atom stereocenters. The molecule has 0 spiro atoms. The number of thiazole rings is 1. The summed E-state index contributed by atoms with van der Waals surface area (Å²) >= 11 is 1.65. The monoisotopic (exact) mass is 530 g/mol. The van der Waals surface area contributed by atoms with Crippen LogP contribution in [-0.4, -0.2) is 24.0 Å². The van der Waals surface area contributed by atoms with Crippen LogP contribution >= 0.6 is 11.3 Å². The first kappa shape index (κ1) is 26.0. The van der Waals surface area contributed by atoms with E-state index in [1.54, 1.807) is 18.4 Å². The second kappa shape index (κ2) is 11.8. The number of methoxy groups -OCH3 is 1. The lowest BCUT2D eigenvalue weighted by atomic mass is 9.87. The molecule has 3 N–H and O–H groups in total. The molecule has 1 saturated carbocycles. The molecule has 0 bridgehead atoms. The number of nitrogens with zero attached hydrogens (tertiary/aromatic N) is 1. The molecule has 1 aliphatic heterocycles. The molecule has 198 valence electrons. The van der Waals surface area contributed by atoms with E-state index in [0.29, 0.717) is 24.4 Å². The topological polar surface area (TPSA) is 92.3 Å². The summed E-state index contributed by atoms with van der Waals surface area (Å²) in [6, 6.07) is 14.5. The first-order valence-corrected chi connectivity index (χ1v) is 14.2. The van der Waals surface area contributed by atoms with Crippen molar-refractivity contribution in [1.82, 2.24) is 20.9 Å². The van der Waals surface area contributed by atoms with Gasteiger partial charge < -0.3 is 20.7 Å². The summed E-state index contributed by atoms with van der Waals surface area (Å²) in [6.45, 7) is 2.47. The van der Waals surface area contributed by atoms with Crippen LogP contribution in [0.25, 0.3) is 5.57 Å². The quantitative estimate of drug-likeness (QED) is 0.318. The molecule has 7 nitrogen and oxygen atoms in total. The molecule has 3 aromatic rings. The number of aromatic nitrogens is 1. The zero-order valence-corrected chi connectivity index (χ0v) is 22.7. The number of carbonyl (C=O) groups is 2. The van der Waals surface area contributed by atoms with E-state index in [2.05, 4.69) is 21.3 Å². The van der Waals surface area contributed by atoms with E-state index < -0.39 is 0 Å². The molecular weight excluding hydrogens is 496 g/mol. The summed E-state index contributed by atoms with van der Waals surface area (Å²) in [5.74, 6) is 1.16. The van der Waals surface area contributed by atoms with E-state index in [9.17, 15) is 9.59 Å². The Morgan fingerprint density at radius 2 is 1.82 bits per heavy atom. The Bertz CT molecular complexity index is 1310. The molecule has 0 saturated heterocycles. The highest BCUT2D eigenvalue weighted by atomic mass is 32.1. The third-order valence-corrected chi connectivity index (χ3v) is 8.30. The third-order valence-electron chi connectivity index (χ3n) is 7.40. The van der Waals surface area contributed by atoms with Crippen molar-refractivity contribution in [3.8, 4) is 5.75 Å². The van der Waals surface area contributed by atoms with Crippen LogP contribution in [-0.2, 0) is 6.54 Å². The number of allylic oxidation sites excluding steroid dienone is 1. The van der Waals surface area contributed by atoms with Gasteiger partial charge in [-0.25, -0.2) is 9.78 Å². The Morgan fingerprint density at radius 1 is 1.08 bits per heavy atom. The third kappa shape index (κ3) is 5.75. The minimum Gasteiger partial charge on any atom is -0.497 e. The Balaban J connectivity index is 1.34. The van der Waals surface area contributed by atoms with Gasteiger partial charge in [0.2, 0.25) is 0 Å². The van der Waals surface area contributed by atoms with Gasteiger partial charge in [-0.3, -0.25) is 4.79 Å². The maximum absolute atomic E-state index is 12.8. The predicted octanol–water partition coefficient (Wildman–Crippen LogP) is 6.30. The molecule has 2 aromatic carbocycles. The summed E-state index contributed by atoms with van der Waals surface area (Å²) in [7, 11) is 1.63. The highest BCUT2D eigenvalue weighted by Crippen LogP contribution is 2.39. The average Bonchev–Trinajstić information content (AvgIpc) is 3.46. The molecule has 1 aromatic heterocycles. The molecular formula is C30H34N4O3S. The zero-order chi connectivity index (χ0) is 26.5. The van der Waals surface area contributed by atoms with Gasteiger partial charge in [0.25, 0.3) is 5.91 Å². The summed E-state index contributed by atoms with van der Waals surface area (Å²) in [4.78, 5) is 30.4. The first-order chi connectivity index (χ1) is 18.6. The number of urea groups is 1. The van der Waals surface area contributed by atoms with Crippen LogP contribution in [0.3, 0.4) is 0 Å². The molecule has 1 atom stereocenters. The van der Waals surface area contributed by atoms with Crippen molar-refractivity contribution >= 4 is 28.8 Å². The van der Waals surface area contributed by atoms with Gasteiger partial charge in [-0.2, -0.15) is 0 Å². The fourth-order valence-corrected chi connectivity index (χ4v) is 6.25. The van der Waals surface area contributed by atoms with E-state index in [0.717, 1.165) is 33.2 Å². The Morgan fingerprint density at radius 3 is 2.50 bits per heavy atom. The molecule has 1 aliphatic carbocycles. The van der Waals surface area contributed by atoms with Crippen LogP contribution in [0.5, 0.6) is 5.75 Å². The number of rotatable bonds is 8. The van der Waals surface area contributed by atoms with Crippen molar-refractivity contribution in [2.24, 2.45) is 0 Å². The van der Waals surface area contributed by atoms with Gasteiger partial charge in [0, 0.05) is 34.7 Å². The van der Waals surface area contributed by atoms with Gasteiger partial charge >= 0.3 is 6.03 Å². The van der Waals surface area contributed by atoms with E-state index in [1.165, 1.54) is 37.8 Å². The number of ether oxygens (including phenoxy) is 1. The first-order valence-electron chi connectivity index (χ1n) is 13.3. The number of carbonyl (C=O) groups excluding carboxylic acids is 2. The summed E-state index contributed by atoms with van der Waals surface area (Å²) in [6.07, 6.45) is 6.93. The standard InChI is InChI=1S/C30H34N4O3S/c1-3-24-26(29-32-25(18-38-29)20-7-5-4-6-8-20)27(34-30(36)33-24)21-11-13-22(14-12-21)28(35)31-17-19-9-15-23(37-2)16-10-19/h9-16,18,20,27H,3-8,17H2,1-2H3,(H,31,35)(H2,33,34,36). The van der Waals surface area contributed by atoms with Crippen molar-refractivity contribution in [2.45, 2.75) is 64.0 Å². The zero-order valence-electron chi connectivity index (χ0n) is 21.9. The minimum atomic E-state index is -0.333. The van der Waals surface area contributed by atoms with Crippen LogP contribution < -0.4 is 20.7 Å². The van der Waals surface area contributed by atoms with Crippen LogP contribution in [0.15, 0.2) is 59.6 Å². The molecule has 2 aliphatic rings. The Labute approximate surface area is 227 Å². The second-order valence-electron chi connectivity index (χ2n) is 9.84. The Kier molecular flexibility index (Phi) is 8.08. The maximum atomic E-state index is 12.8. The van der Waals surface area contributed by atoms with Gasteiger partial charge in [0.05, 0.1) is 18.8 Å². The average molecular weight is 531 g/mol. The lowest BCUT2D eigenvalue weighted by Gasteiger charge is -2.29. The summed E-state index contributed by atoms with van der Waals surface area (Å²) in [5, 5.41) is 12.2. The van der Waals surface area contributed by atoms with E-state index >= 15 is 0 Å². The molecule has 0 radical (unpaired) electrons. The van der Waals surface area contributed by atoms with Crippen LogP contribution in [0.2, 0.25) is 0 Å². The highest BCUT2D eigenvalue weighted by molar-refractivity contribution is 7.10. The Hall–Kier alpha value is -3.65. The molecule has 2 heterocycles. The second-order valence-corrected chi connectivity index (χ2v) is 10.7. The van der Waals surface area contributed by atoms with Gasteiger partial charge in [0.15, 0.2) is 0 Å². The van der Waals surface area contributed by atoms with Crippen molar-refractivity contribution in [3.05, 3.63) is 87.0 Å². The fourth-order valence-electron chi connectivity index (χ4n) is 5.25. The lowest BCUT2D eigenvalue weighted by molar-refractivity contribution is 0.0951. The normalized spacial score (nSPS) is 18.1. The van der Waals surface area contributed by atoms with E-state index in [4.69, 9.17) is 9.72 Å². The number of benzene rings is 2. The number of nitrogens with one attached hydrogen (secondary N) is 3. The minimum absolute atomic E-state index is 0.149. The van der Waals surface area contributed by atoms with Crippen molar-refractivity contribution < 1.29 is 14.3 Å². The fraction of sp³-hybridized carbons (Fsp3) is 0.367. The number of hydrogen-bond donors (Lipinski definition) is 3. The van der Waals surface area contributed by atoms with Crippen LogP contribution in [0.1, 0.15) is 89.6 Å². The lowest BCUT2D eigenvalue weighted by Crippen LogP contribution is -2.43. The molecule has 3 amide bonds. The molecule has 1 fully saturated rings. The van der Waals surface area contributed by atoms with E-state index in [-0.39, 0.29) is 18.0 Å². The SMILES string of the molecule is CCC1=C(c2nc(C3CCCCC3)cs2)C(c2ccc(C(=O)NCc3ccc(OC)cc3)cc2)NC(=O)N1. The van der Waals surface area contributed by atoms with Gasteiger partial charge in [0.1, 0.15) is 10.8 Å². The molecule has 38 heavy (non-hydrogen) atoms. The maximum Gasteiger partial charge on any atom is 0.319 e. The van der Waals surface area contributed by atoms with Crippen LogP contribution in [0, 0.1) is 0 Å². The number of amides is 3. The van der Waals surface area contributed by atoms with Gasteiger partial charge in [-0.05, 0) is 54.7 Å². The van der Waals surface area contributed by atoms with Crippen LogP contribution in [0.4, 0.5) is 4.79 Å². The van der Waals surface area contributed by atoms with Crippen molar-refractivity contribution in [2.75, 3.05) is 7.11 Å². The molecule has 8 heteroatoms.